The number of phosphoric acid groups is 3. The van der Waals surface area contributed by atoms with E-state index >= 15 is 0 Å². The number of nitrogen functional groups attached to an aromatic ring is 1. The maximum atomic E-state index is 12.1. The van der Waals surface area contributed by atoms with E-state index in [9.17, 15) is 48.6 Å². The van der Waals surface area contributed by atoms with Gasteiger partial charge in [0.15, 0.2) is 17.7 Å². The summed E-state index contributed by atoms with van der Waals surface area (Å²) >= 11 is 0. The fourth-order valence-electron chi connectivity index (χ4n) is 3.71. The second kappa shape index (κ2) is 11.4. The van der Waals surface area contributed by atoms with Crippen molar-refractivity contribution in [3.05, 3.63) is 12.7 Å². The molecule has 21 nitrogen and oxygen atoms in total. The summed E-state index contributed by atoms with van der Waals surface area (Å²) < 4.78 is 63.8. The van der Waals surface area contributed by atoms with Gasteiger partial charge in [0.05, 0.1) is 34.0 Å². The van der Waals surface area contributed by atoms with E-state index in [0.29, 0.717) is 0 Å². The Balaban J connectivity index is 1.43. The van der Waals surface area contributed by atoms with Crippen LogP contribution in [0, 0.1) is 0 Å². The lowest BCUT2D eigenvalue weighted by Crippen LogP contribution is -2.37. The fourth-order valence-corrected chi connectivity index (χ4v) is 6.25. The predicted octanol–water partition coefficient (Wildman–Crippen LogP) is -5.01. The van der Waals surface area contributed by atoms with E-state index in [-0.39, 0.29) is 23.6 Å². The summed E-state index contributed by atoms with van der Waals surface area (Å²) in [7, 11) is -17.1. The van der Waals surface area contributed by atoms with E-state index in [2.05, 4.69) is 32.8 Å². The highest BCUT2D eigenvalue weighted by Gasteiger charge is 2.47. The van der Waals surface area contributed by atoms with Crippen LogP contribution in [0.25, 0.3) is 11.2 Å². The average Bonchev–Trinajstić information content (AvgIpc) is 3.47. The number of imidazole rings is 1. The molecule has 0 spiro atoms. The zero-order valence-corrected chi connectivity index (χ0v) is 21.9. The minimum atomic E-state index is -5.74. The molecule has 2 aromatic rings. The standard InChI is InChI=1S/C15H24N5O16P3/c16-13-9-14(18-4-17-13)20(5-19-9)15-12(35-37(24,25)26)11(23)8(34-15)3-33-39(29,30)36-38(27,28)32-2-7-10(22)6(21)1-31-7/h4-8,10-12,15,21-23H,1-3H2,(H,27,28)(H,29,30)(H2,16,17,18)(H2,24,25,26)/p-4/t6-,7+,8+,10-,11+,12+,15+/m0/s1. The third-order valence-corrected chi connectivity index (χ3v) is 8.51. The van der Waals surface area contributed by atoms with Crippen LogP contribution in [0.4, 0.5) is 5.82 Å². The lowest BCUT2D eigenvalue weighted by atomic mass is 10.1. The Hall–Kier alpha value is -1.48. The van der Waals surface area contributed by atoms with Crippen LogP contribution in [0.1, 0.15) is 6.23 Å². The van der Waals surface area contributed by atoms with E-state index in [1.807, 2.05) is 0 Å². The predicted molar refractivity (Wildman–Crippen MR) is 112 cm³/mol. The van der Waals surface area contributed by atoms with E-state index in [4.69, 9.17) is 15.2 Å². The van der Waals surface area contributed by atoms with Crippen LogP contribution in [-0.2, 0) is 41.1 Å². The monoisotopic (exact) mass is 619 g/mol. The number of fused-ring (bicyclic) bond motifs is 1. The molecule has 0 aliphatic carbocycles. The van der Waals surface area contributed by atoms with Gasteiger partial charge in [0.1, 0.15) is 48.5 Å². The van der Waals surface area contributed by atoms with Gasteiger partial charge in [-0.3, -0.25) is 13.7 Å². The number of aliphatic hydroxyl groups excluding tert-OH is 3. The Morgan fingerprint density at radius 3 is 2.23 bits per heavy atom. The third kappa shape index (κ3) is 7.24. The quantitative estimate of drug-likeness (QED) is 0.171. The molecule has 2 aliphatic heterocycles. The Morgan fingerprint density at radius 1 is 1.00 bits per heavy atom. The van der Waals surface area contributed by atoms with Crippen molar-refractivity contribution in [1.29, 1.82) is 0 Å². The van der Waals surface area contributed by atoms with Crippen molar-refractivity contribution in [3.8, 4) is 0 Å². The van der Waals surface area contributed by atoms with Crippen molar-refractivity contribution < 1.29 is 75.9 Å². The van der Waals surface area contributed by atoms with E-state index < -0.39 is 79.5 Å². The molecular weight excluding hydrogens is 599 g/mol. The van der Waals surface area contributed by atoms with E-state index in [0.717, 1.165) is 17.2 Å². The topological polar surface area (TPSA) is 329 Å². The maximum absolute atomic E-state index is 12.1. The first-order chi connectivity index (χ1) is 18.1. The van der Waals surface area contributed by atoms with Gasteiger partial charge in [0.25, 0.3) is 15.6 Å². The van der Waals surface area contributed by atoms with Gasteiger partial charge >= 0.3 is 0 Å². The molecule has 2 aliphatic rings. The summed E-state index contributed by atoms with van der Waals surface area (Å²) in [5.74, 6) is -0.0770. The van der Waals surface area contributed by atoms with E-state index in [1.165, 1.54) is 0 Å². The smallest absolute Gasteiger partial charge is 0.274 e. The van der Waals surface area contributed by atoms with Gasteiger partial charge < -0.3 is 68.2 Å². The first-order valence-corrected chi connectivity index (χ1v) is 15.0. The molecule has 2 aromatic heterocycles. The van der Waals surface area contributed by atoms with Crippen LogP contribution < -0.4 is 25.3 Å². The fraction of sp³-hybridized carbons (Fsp3) is 0.667. The van der Waals surface area contributed by atoms with Crippen molar-refractivity contribution in [2.24, 2.45) is 0 Å². The molecule has 0 bridgehead atoms. The normalized spacial score (nSPS) is 32.8. The number of hydrogen-bond donors (Lipinski definition) is 4. The molecule has 9 atom stereocenters. The van der Waals surface area contributed by atoms with Crippen LogP contribution in [0.5, 0.6) is 0 Å². The first kappa shape index (κ1) is 30.5. The first-order valence-electron chi connectivity index (χ1n) is 10.6. The Labute approximate surface area is 217 Å². The van der Waals surface area contributed by atoms with Gasteiger partial charge in [-0.15, -0.1) is 0 Å². The van der Waals surface area contributed by atoms with Crippen LogP contribution in [0.15, 0.2) is 12.7 Å². The summed E-state index contributed by atoms with van der Waals surface area (Å²) in [5.41, 5.74) is 5.70. The Kier molecular flexibility index (Phi) is 8.92. The summed E-state index contributed by atoms with van der Waals surface area (Å²) in [4.78, 5) is 58.2. The second-order valence-corrected chi connectivity index (χ2v) is 12.2. The molecule has 0 amide bonds. The number of aromatic nitrogens is 4. The van der Waals surface area contributed by atoms with Crippen LogP contribution in [-0.4, -0.2) is 91.3 Å². The lowest BCUT2D eigenvalue weighted by Gasteiger charge is -2.34. The zero-order valence-electron chi connectivity index (χ0n) is 19.2. The molecule has 4 heterocycles. The van der Waals surface area contributed by atoms with Gasteiger partial charge in [-0.25, -0.2) is 19.3 Å². The Bertz CT molecular complexity index is 1320. The van der Waals surface area contributed by atoms with Gasteiger partial charge in [-0.2, -0.15) is 0 Å². The van der Waals surface area contributed by atoms with Crippen molar-refractivity contribution >= 4 is 40.4 Å². The van der Waals surface area contributed by atoms with E-state index in [1.54, 1.807) is 0 Å². The summed E-state index contributed by atoms with van der Waals surface area (Å²) in [6.45, 7) is -2.37. The third-order valence-electron chi connectivity index (χ3n) is 5.47. The van der Waals surface area contributed by atoms with Gasteiger partial charge in [-0.1, -0.05) is 0 Å². The number of ether oxygens (including phenoxy) is 2. The molecule has 4 rings (SSSR count). The van der Waals surface area contributed by atoms with Crippen molar-refractivity contribution in [3.63, 3.8) is 0 Å². The highest BCUT2D eigenvalue weighted by atomic mass is 31.3. The van der Waals surface area contributed by atoms with Gasteiger partial charge in [-0.05, 0) is 0 Å². The van der Waals surface area contributed by atoms with Gasteiger partial charge in [0.2, 0.25) is 0 Å². The highest BCUT2D eigenvalue weighted by Crippen LogP contribution is 2.56. The van der Waals surface area contributed by atoms with Crippen LogP contribution in [0.2, 0.25) is 0 Å². The molecule has 24 heteroatoms. The lowest BCUT2D eigenvalue weighted by molar-refractivity contribution is -0.347. The summed E-state index contributed by atoms with van der Waals surface area (Å²) in [6, 6.07) is 0. The largest absolute Gasteiger partial charge is 0.790 e. The average molecular weight is 619 g/mol. The van der Waals surface area contributed by atoms with Crippen molar-refractivity contribution in [1.82, 2.24) is 19.5 Å². The molecule has 2 saturated heterocycles. The minimum absolute atomic E-state index is 0.0346. The van der Waals surface area contributed by atoms with Crippen LogP contribution >= 0.6 is 23.5 Å². The van der Waals surface area contributed by atoms with Gasteiger partial charge in [0, 0.05) is 0 Å². The molecule has 0 radical (unpaired) electrons. The Morgan fingerprint density at radius 2 is 1.64 bits per heavy atom. The molecule has 220 valence electrons. The SMILES string of the molecule is Nc1ncnc2c1ncn2[C@@H]1O[C@H](COP(=O)([O-])OP(=O)([O-])OC[C@H]2OC[C@H](O)[C@@H]2O)[C@@H](O)[C@H]1OP(=O)([O-])[O-]. The molecule has 39 heavy (non-hydrogen) atoms. The number of rotatable bonds is 11. The number of aliphatic hydroxyl groups is 3. The highest BCUT2D eigenvalue weighted by molar-refractivity contribution is 7.59. The minimum Gasteiger partial charge on any atom is -0.790 e. The van der Waals surface area contributed by atoms with Crippen molar-refractivity contribution in [2.45, 2.75) is 42.9 Å². The maximum Gasteiger partial charge on any atom is 0.274 e. The number of anilines is 1. The molecular formula is C15H20N5O16P3-4. The molecule has 5 N–H and O–H groups in total. The number of phosphoric ester groups is 3. The molecule has 0 aromatic carbocycles. The molecule has 2 fully saturated rings. The summed E-state index contributed by atoms with van der Waals surface area (Å²) in [5, 5.41) is 29.5. The number of nitrogens with zero attached hydrogens (tertiary/aromatic N) is 4. The van der Waals surface area contributed by atoms with Crippen molar-refractivity contribution in [2.75, 3.05) is 25.6 Å². The number of nitrogens with two attached hydrogens (primary N) is 1. The second-order valence-electron chi connectivity index (χ2n) is 8.15. The molecule has 2 unspecified atom stereocenters. The number of hydrogen-bond acceptors (Lipinski definition) is 20. The summed E-state index contributed by atoms with van der Waals surface area (Å²) in [6.07, 6.45) is -9.39. The zero-order chi connectivity index (χ0) is 28.8. The molecule has 0 saturated carbocycles. The van der Waals surface area contributed by atoms with Crippen LogP contribution in [0.3, 0.4) is 0 Å².